The third kappa shape index (κ3) is 3.39. The number of benzene rings is 1. The highest BCUT2D eigenvalue weighted by molar-refractivity contribution is 6.33. The highest BCUT2D eigenvalue weighted by atomic mass is 35.5. The van der Waals surface area contributed by atoms with E-state index >= 15 is 0 Å². The summed E-state index contributed by atoms with van der Waals surface area (Å²) in [6, 6.07) is 4.88. The summed E-state index contributed by atoms with van der Waals surface area (Å²) in [5.41, 5.74) is -0.0133. The molecule has 4 bridgehead atoms. The predicted molar refractivity (Wildman–Crippen MR) is 114 cm³/mol. The molecule has 4 fully saturated rings. The second-order valence-electron chi connectivity index (χ2n) is 9.54. The van der Waals surface area contributed by atoms with Crippen LogP contribution >= 0.6 is 11.6 Å². The van der Waals surface area contributed by atoms with E-state index in [-0.39, 0.29) is 11.3 Å². The topological polar surface area (TPSA) is 86.0 Å². The van der Waals surface area contributed by atoms with Crippen molar-refractivity contribution in [2.75, 3.05) is 5.32 Å². The Morgan fingerprint density at radius 3 is 2.43 bits per heavy atom. The first-order chi connectivity index (χ1) is 14.3. The third-order valence-electron chi connectivity index (χ3n) is 7.25. The van der Waals surface area contributed by atoms with Crippen LogP contribution in [0.15, 0.2) is 34.0 Å². The Kier molecular flexibility index (Phi) is 4.61. The first-order valence-corrected chi connectivity index (χ1v) is 10.9. The van der Waals surface area contributed by atoms with Crippen molar-refractivity contribution in [2.24, 2.45) is 30.2 Å². The van der Waals surface area contributed by atoms with E-state index in [0.717, 1.165) is 33.2 Å². The van der Waals surface area contributed by atoms with E-state index in [2.05, 4.69) is 10.4 Å². The smallest absolute Gasteiger partial charge is 0.325 e. The number of anilines is 1. The molecule has 2 aromatic rings. The van der Waals surface area contributed by atoms with Crippen molar-refractivity contribution < 1.29 is 4.79 Å². The molecule has 0 radical (unpaired) electrons. The number of hydrogen-bond acceptors (Lipinski definition) is 4. The van der Waals surface area contributed by atoms with Crippen molar-refractivity contribution in [2.45, 2.75) is 44.9 Å². The minimum atomic E-state index is -0.560. The molecule has 1 heterocycles. The number of aromatic nitrogens is 3. The maximum atomic E-state index is 13.0. The molecule has 0 unspecified atom stereocenters. The molecule has 0 saturated heterocycles. The first-order valence-electron chi connectivity index (χ1n) is 10.6. The second-order valence-corrected chi connectivity index (χ2v) is 9.95. The van der Waals surface area contributed by atoms with Gasteiger partial charge < -0.3 is 5.32 Å². The van der Waals surface area contributed by atoms with Crippen molar-refractivity contribution in [1.82, 2.24) is 14.3 Å². The number of rotatable bonds is 4. The molecule has 4 aliphatic carbocycles. The molecule has 4 aliphatic rings. The van der Waals surface area contributed by atoms with Crippen LogP contribution < -0.4 is 16.6 Å². The molecule has 0 aliphatic heterocycles. The zero-order valence-corrected chi connectivity index (χ0v) is 17.7. The molecule has 30 heavy (non-hydrogen) atoms. The van der Waals surface area contributed by atoms with Crippen LogP contribution in [0.2, 0.25) is 5.02 Å². The van der Waals surface area contributed by atoms with E-state index in [1.165, 1.54) is 45.6 Å². The Bertz CT molecular complexity index is 1100. The van der Waals surface area contributed by atoms with E-state index < -0.39 is 11.2 Å². The predicted octanol–water partition coefficient (Wildman–Crippen LogP) is 3.13. The molecular formula is C22H25ClN4O3. The number of halogens is 1. The van der Waals surface area contributed by atoms with E-state index in [1.807, 2.05) is 0 Å². The van der Waals surface area contributed by atoms with Crippen molar-refractivity contribution >= 4 is 23.2 Å². The molecular weight excluding hydrogens is 404 g/mol. The average molecular weight is 429 g/mol. The molecule has 158 valence electrons. The number of nitrogens with one attached hydrogen (secondary N) is 1. The van der Waals surface area contributed by atoms with Crippen LogP contribution in [-0.4, -0.2) is 20.3 Å². The van der Waals surface area contributed by atoms with Crippen molar-refractivity contribution in [1.29, 1.82) is 0 Å². The van der Waals surface area contributed by atoms with Gasteiger partial charge in [0.25, 0.3) is 5.56 Å². The highest BCUT2D eigenvalue weighted by Gasteiger charge is 2.51. The van der Waals surface area contributed by atoms with Crippen LogP contribution in [-0.2, 0) is 11.8 Å². The lowest BCUT2D eigenvalue weighted by molar-refractivity contribution is -0.124. The molecule has 6 rings (SSSR count). The Morgan fingerprint density at radius 2 is 1.80 bits per heavy atom. The van der Waals surface area contributed by atoms with Gasteiger partial charge in [-0.2, -0.15) is 9.78 Å². The molecule has 1 aromatic heterocycles. The Hall–Kier alpha value is -2.41. The summed E-state index contributed by atoms with van der Waals surface area (Å²) in [7, 11) is 1.40. The second kappa shape index (κ2) is 7.08. The molecule has 0 atom stereocenters. The number of amides is 1. The summed E-state index contributed by atoms with van der Waals surface area (Å²) < 4.78 is 2.10. The summed E-state index contributed by atoms with van der Waals surface area (Å²) in [6.45, 7) is 0. The summed E-state index contributed by atoms with van der Waals surface area (Å²) in [5, 5.41) is 7.28. The molecule has 7 nitrogen and oxygen atoms in total. The van der Waals surface area contributed by atoms with Crippen LogP contribution in [0, 0.1) is 23.2 Å². The number of carbonyl (C=O) groups excluding carboxylic acids is 1. The van der Waals surface area contributed by atoms with Gasteiger partial charge in [-0.05, 0) is 79.9 Å². The zero-order chi connectivity index (χ0) is 21.0. The van der Waals surface area contributed by atoms with E-state index in [1.54, 1.807) is 18.2 Å². The Labute approximate surface area is 179 Å². The fraction of sp³-hybridized carbons (Fsp3) is 0.545. The SMILES string of the molecule is Cn1c(=O)cnn(-c2ccc(Cl)c(NC(=O)CC34CC5CC(CC(C5)C3)C4)c2)c1=O. The highest BCUT2D eigenvalue weighted by Crippen LogP contribution is 2.61. The lowest BCUT2D eigenvalue weighted by Gasteiger charge is -2.56. The molecule has 0 spiro atoms. The average Bonchev–Trinajstić information content (AvgIpc) is 2.67. The van der Waals surface area contributed by atoms with Crippen LogP contribution in [0.1, 0.15) is 44.9 Å². The quantitative estimate of drug-likeness (QED) is 0.810. The molecule has 4 saturated carbocycles. The zero-order valence-electron chi connectivity index (χ0n) is 16.9. The monoisotopic (exact) mass is 428 g/mol. The lowest BCUT2D eigenvalue weighted by atomic mass is 9.49. The molecule has 1 N–H and O–H groups in total. The van der Waals surface area contributed by atoms with Crippen LogP contribution in [0.5, 0.6) is 0 Å². The van der Waals surface area contributed by atoms with E-state index in [4.69, 9.17) is 11.6 Å². The van der Waals surface area contributed by atoms with Gasteiger partial charge in [0.15, 0.2) is 0 Å². The summed E-state index contributed by atoms with van der Waals surface area (Å²) in [5.74, 6) is 2.34. The van der Waals surface area contributed by atoms with Gasteiger partial charge in [0, 0.05) is 13.5 Å². The van der Waals surface area contributed by atoms with Gasteiger partial charge >= 0.3 is 5.69 Å². The minimum absolute atomic E-state index is 0.0308. The number of nitrogens with zero attached hydrogens (tertiary/aromatic N) is 3. The van der Waals surface area contributed by atoms with Gasteiger partial charge in [-0.15, -0.1) is 0 Å². The minimum Gasteiger partial charge on any atom is -0.325 e. The van der Waals surface area contributed by atoms with Gasteiger partial charge in [-0.1, -0.05) is 11.6 Å². The standard InChI is InChI=1S/C22H25ClN4O3/c1-26-20(29)12-24-27(21(26)30)16-2-3-17(23)18(7-16)25-19(28)11-22-8-13-4-14(9-22)6-15(5-13)10-22/h2-3,7,12-15H,4-6,8-11H2,1H3,(H,25,28). The van der Waals surface area contributed by atoms with Crippen LogP contribution in [0.3, 0.4) is 0 Å². The first kappa shape index (κ1) is 19.5. The Morgan fingerprint density at radius 1 is 1.17 bits per heavy atom. The van der Waals surface area contributed by atoms with Gasteiger partial charge in [-0.3, -0.25) is 14.2 Å². The maximum Gasteiger partial charge on any atom is 0.351 e. The van der Waals surface area contributed by atoms with Crippen molar-refractivity contribution in [3.05, 3.63) is 50.3 Å². The van der Waals surface area contributed by atoms with Gasteiger partial charge in [0.2, 0.25) is 5.91 Å². The number of carbonyl (C=O) groups is 1. The van der Waals surface area contributed by atoms with Gasteiger partial charge in [-0.25, -0.2) is 4.79 Å². The van der Waals surface area contributed by atoms with Gasteiger partial charge in [0.05, 0.1) is 16.4 Å². The van der Waals surface area contributed by atoms with Crippen LogP contribution in [0.25, 0.3) is 5.69 Å². The molecule has 1 aromatic carbocycles. The van der Waals surface area contributed by atoms with Gasteiger partial charge in [0.1, 0.15) is 6.20 Å². The fourth-order valence-electron chi connectivity index (χ4n) is 6.44. The summed E-state index contributed by atoms with van der Waals surface area (Å²) >= 11 is 6.32. The summed E-state index contributed by atoms with van der Waals surface area (Å²) in [6.07, 6.45) is 9.13. The van der Waals surface area contributed by atoms with E-state index in [9.17, 15) is 14.4 Å². The fourth-order valence-corrected chi connectivity index (χ4v) is 6.60. The van der Waals surface area contributed by atoms with Crippen molar-refractivity contribution in [3.63, 3.8) is 0 Å². The van der Waals surface area contributed by atoms with Crippen LogP contribution in [0.4, 0.5) is 5.69 Å². The number of hydrogen-bond donors (Lipinski definition) is 1. The van der Waals surface area contributed by atoms with E-state index in [0.29, 0.717) is 22.8 Å². The van der Waals surface area contributed by atoms with Crippen molar-refractivity contribution in [3.8, 4) is 5.69 Å². The third-order valence-corrected chi connectivity index (χ3v) is 7.58. The molecule has 8 heteroatoms. The maximum absolute atomic E-state index is 13.0. The Balaban J connectivity index is 1.37. The largest absolute Gasteiger partial charge is 0.351 e. The molecule has 1 amide bonds. The summed E-state index contributed by atoms with van der Waals surface area (Å²) in [4.78, 5) is 36.9. The lowest BCUT2D eigenvalue weighted by Crippen LogP contribution is -2.47. The normalized spacial score (nSPS) is 29.2.